The number of nitrogens with zero attached hydrogens (tertiary/aromatic N) is 1. The van der Waals surface area contributed by atoms with Crippen LogP contribution in [0.1, 0.15) is 19.4 Å². The van der Waals surface area contributed by atoms with Crippen molar-refractivity contribution >= 4 is 15.9 Å². The third kappa shape index (κ3) is 1.86. The Kier molecular flexibility index (Phi) is 2.54. The maximum absolute atomic E-state index is 7.01. The van der Waals surface area contributed by atoms with Gasteiger partial charge in [0.05, 0.1) is 0 Å². The van der Waals surface area contributed by atoms with Crippen LogP contribution in [-0.4, -0.2) is 0 Å². The minimum atomic E-state index is -0.402. The Bertz CT molecular complexity index is 306. The van der Waals surface area contributed by atoms with E-state index in [2.05, 4.69) is 20.8 Å². The molecule has 12 heavy (non-hydrogen) atoms. The van der Waals surface area contributed by atoms with E-state index < -0.39 is 5.54 Å². The van der Waals surface area contributed by atoms with Crippen molar-refractivity contribution in [3.05, 3.63) is 45.7 Å². The molecule has 0 saturated heterocycles. The lowest BCUT2D eigenvalue weighted by Crippen LogP contribution is -2.10. The molecule has 0 aliphatic heterocycles. The highest BCUT2D eigenvalue weighted by molar-refractivity contribution is 9.10. The van der Waals surface area contributed by atoms with Gasteiger partial charge in [-0.15, -0.1) is 0 Å². The number of hydrogen-bond donors (Lipinski definition) is 0. The normalized spacial score (nSPS) is 10.8. The van der Waals surface area contributed by atoms with Crippen LogP contribution in [0.3, 0.4) is 0 Å². The van der Waals surface area contributed by atoms with E-state index in [9.17, 15) is 0 Å². The van der Waals surface area contributed by atoms with Gasteiger partial charge in [-0.3, -0.25) is 0 Å². The molecule has 0 radical (unpaired) electrons. The van der Waals surface area contributed by atoms with Gasteiger partial charge in [0.25, 0.3) is 5.54 Å². The van der Waals surface area contributed by atoms with E-state index in [-0.39, 0.29) is 0 Å². The first-order valence-electron chi connectivity index (χ1n) is 3.71. The molecular formula is C10H10BrN. The maximum atomic E-state index is 7.01. The zero-order chi connectivity index (χ0) is 9.19. The van der Waals surface area contributed by atoms with Gasteiger partial charge in [0.1, 0.15) is 0 Å². The number of hydrogen-bond acceptors (Lipinski definition) is 0. The van der Waals surface area contributed by atoms with Crippen molar-refractivity contribution in [2.24, 2.45) is 0 Å². The molecule has 1 rings (SSSR count). The summed E-state index contributed by atoms with van der Waals surface area (Å²) < 4.78 is 1.05. The van der Waals surface area contributed by atoms with E-state index in [0.717, 1.165) is 10.0 Å². The van der Waals surface area contributed by atoms with Crippen LogP contribution in [-0.2, 0) is 5.54 Å². The van der Waals surface area contributed by atoms with Crippen molar-refractivity contribution in [3.8, 4) is 0 Å². The summed E-state index contributed by atoms with van der Waals surface area (Å²) in [6.07, 6.45) is 0. The zero-order valence-electron chi connectivity index (χ0n) is 7.13. The van der Waals surface area contributed by atoms with Crippen LogP contribution in [0.15, 0.2) is 28.7 Å². The van der Waals surface area contributed by atoms with Gasteiger partial charge < -0.3 is 4.85 Å². The fourth-order valence-electron chi connectivity index (χ4n) is 0.922. The molecule has 0 spiro atoms. The quantitative estimate of drug-likeness (QED) is 0.642. The lowest BCUT2D eigenvalue weighted by atomic mass is 9.96. The van der Waals surface area contributed by atoms with Crippen molar-refractivity contribution in [1.29, 1.82) is 0 Å². The Morgan fingerprint density at radius 3 is 2.17 bits per heavy atom. The molecule has 1 nitrogen and oxygen atoms in total. The van der Waals surface area contributed by atoms with E-state index in [0.29, 0.717) is 0 Å². The first-order chi connectivity index (χ1) is 5.56. The van der Waals surface area contributed by atoms with Crippen LogP contribution in [0.25, 0.3) is 4.85 Å². The fourth-order valence-corrected chi connectivity index (χ4v) is 1.19. The standard InChI is InChI=1S/C10H10BrN/c1-10(2,12-3)8-4-6-9(11)7-5-8/h4-7H,1-2H3. The first kappa shape index (κ1) is 9.28. The Morgan fingerprint density at radius 2 is 1.75 bits per heavy atom. The van der Waals surface area contributed by atoms with Gasteiger partial charge in [-0.05, 0) is 24.3 Å². The third-order valence-corrected chi connectivity index (χ3v) is 2.36. The lowest BCUT2D eigenvalue weighted by Gasteiger charge is -2.10. The van der Waals surface area contributed by atoms with E-state index >= 15 is 0 Å². The van der Waals surface area contributed by atoms with Crippen molar-refractivity contribution in [2.45, 2.75) is 19.4 Å². The monoisotopic (exact) mass is 223 g/mol. The van der Waals surface area contributed by atoms with Gasteiger partial charge in [0.2, 0.25) is 0 Å². The molecule has 0 aromatic heterocycles. The van der Waals surface area contributed by atoms with Gasteiger partial charge >= 0.3 is 0 Å². The Hall–Kier alpha value is -0.810. The SMILES string of the molecule is [C-]#[N+]C(C)(C)c1ccc(Br)cc1. The average molecular weight is 224 g/mol. The molecule has 0 aliphatic rings. The number of benzene rings is 1. The largest absolute Gasteiger partial charge is 0.306 e. The summed E-state index contributed by atoms with van der Waals surface area (Å²) in [5, 5.41) is 0. The molecule has 0 unspecified atom stereocenters. The second-order valence-electron chi connectivity index (χ2n) is 3.18. The van der Waals surface area contributed by atoms with Crippen LogP contribution in [0.2, 0.25) is 0 Å². The predicted molar refractivity (Wildman–Crippen MR) is 53.8 cm³/mol. The van der Waals surface area contributed by atoms with E-state index in [1.54, 1.807) is 0 Å². The van der Waals surface area contributed by atoms with E-state index in [4.69, 9.17) is 6.57 Å². The minimum Gasteiger partial charge on any atom is -0.306 e. The molecule has 2 heteroatoms. The molecule has 1 aromatic rings. The van der Waals surface area contributed by atoms with Crippen molar-refractivity contribution in [2.75, 3.05) is 0 Å². The third-order valence-electron chi connectivity index (χ3n) is 1.83. The molecule has 0 aliphatic carbocycles. The summed E-state index contributed by atoms with van der Waals surface area (Å²) in [5.41, 5.74) is 0.654. The highest BCUT2D eigenvalue weighted by Gasteiger charge is 2.24. The van der Waals surface area contributed by atoms with E-state index in [1.807, 2.05) is 38.1 Å². The van der Waals surface area contributed by atoms with Gasteiger partial charge in [-0.1, -0.05) is 15.9 Å². The second-order valence-corrected chi connectivity index (χ2v) is 4.09. The van der Waals surface area contributed by atoms with Crippen LogP contribution in [0.4, 0.5) is 0 Å². The van der Waals surface area contributed by atoms with Gasteiger partial charge in [-0.25, -0.2) is 6.57 Å². The summed E-state index contributed by atoms with van der Waals surface area (Å²) in [6, 6.07) is 7.87. The summed E-state index contributed by atoms with van der Waals surface area (Å²) in [7, 11) is 0. The highest BCUT2D eigenvalue weighted by atomic mass is 79.9. The first-order valence-corrected chi connectivity index (χ1v) is 4.50. The molecule has 0 N–H and O–H groups in total. The van der Waals surface area contributed by atoms with Crippen molar-refractivity contribution < 1.29 is 0 Å². The topological polar surface area (TPSA) is 4.36 Å². The maximum Gasteiger partial charge on any atom is 0.252 e. The summed E-state index contributed by atoms with van der Waals surface area (Å²) in [4.78, 5) is 3.56. The molecule has 0 saturated carbocycles. The van der Waals surface area contributed by atoms with Gasteiger partial charge in [-0.2, -0.15) is 0 Å². The molecule has 0 atom stereocenters. The Balaban J connectivity index is 3.07. The van der Waals surface area contributed by atoms with Gasteiger partial charge in [0.15, 0.2) is 0 Å². The molecule has 1 aromatic carbocycles. The smallest absolute Gasteiger partial charge is 0.252 e. The van der Waals surface area contributed by atoms with Crippen LogP contribution in [0.5, 0.6) is 0 Å². The van der Waals surface area contributed by atoms with Gasteiger partial charge in [0, 0.05) is 23.9 Å². The molecule has 0 fully saturated rings. The number of halogens is 1. The summed E-state index contributed by atoms with van der Waals surface area (Å²) in [5.74, 6) is 0. The summed E-state index contributed by atoms with van der Waals surface area (Å²) >= 11 is 3.36. The second kappa shape index (κ2) is 3.28. The van der Waals surface area contributed by atoms with Crippen LogP contribution in [0, 0.1) is 6.57 Å². The molecular weight excluding hydrogens is 214 g/mol. The number of rotatable bonds is 1. The lowest BCUT2D eigenvalue weighted by molar-refractivity contribution is 0.664. The predicted octanol–water partition coefficient (Wildman–Crippen LogP) is 3.60. The Labute approximate surface area is 81.4 Å². The molecule has 62 valence electrons. The highest BCUT2D eigenvalue weighted by Crippen LogP contribution is 2.25. The van der Waals surface area contributed by atoms with Crippen molar-refractivity contribution in [1.82, 2.24) is 0 Å². The fraction of sp³-hybridized carbons (Fsp3) is 0.300. The van der Waals surface area contributed by atoms with Crippen LogP contribution >= 0.6 is 15.9 Å². The molecule has 0 bridgehead atoms. The van der Waals surface area contributed by atoms with Crippen molar-refractivity contribution in [3.63, 3.8) is 0 Å². The van der Waals surface area contributed by atoms with E-state index in [1.165, 1.54) is 0 Å². The average Bonchev–Trinajstić information content (AvgIpc) is 2.05. The molecule has 0 heterocycles. The molecule has 0 amide bonds. The Morgan fingerprint density at radius 1 is 1.25 bits per heavy atom. The minimum absolute atomic E-state index is 0.402. The van der Waals surface area contributed by atoms with Crippen LogP contribution < -0.4 is 0 Å². The zero-order valence-corrected chi connectivity index (χ0v) is 8.72. The summed E-state index contributed by atoms with van der Waals surface area (Å²) in [6.45, 7) is 10.8.